The Morgan fingerprint density at radius 2 is 1.83 bits per heavy atom. The molecular weight excluding hydrogens is 379 g/mol. The van der Waals surface area contributed by atoms with Gasteiger partial charge in [-0.1, -0.05) is 12.1 Å². The molecule has 1 unspecified atom stereocenters. The minimum Gasteiger partial charge on any atom is -0.375 e. The SMILES string of the molecule is CC1(C)CC(N2C[C@H]3C[C@@H](Nc4ccc(-c5ccccc5F)nn4)C[C@H]3C2)CCO1. The van der Waals surface area contributed by atoms with Gasteiger partial charge in [-0.05, 0) is 75.6 Å². The zero-order chi connectivity index (χ0) is 20.7. The Balaban J connectivity index is 1.16. The maximum atomic E-state index is 13.9. The zero-order valence-electron chi connectivity index (χ0n) is 17.9. The number of anilines is 1. The van der Waals surface area contributed by atoms with Gasteiger partial charge in [0.25, 0.3) is 0 Å². The first kappa shape index (κ1) is 19.9. The van der Waals surface area contributed by atoms with Gasteiger partial charge in [-0.25, -0.2) is 4.39 Å². The monoisotopic (exact) mass is 410 g/mol. The average Bonchev–Trinajstić information content (AvgIpc) is 3.27. The van der Waals surface area contributed by atoms with E-state index in [1.165, 1.54) is 32.0 Å². The van der Waals surface area contributed by atoms with E-state index in [9.17, 15) is 4.39 Å². The third-order valence-electron chi connectivity index (χ3n) is 7.13. The number of aromatic nitrogens is 2. The van der Waals surface area contributed by atoms with Gasteiger partial charge in [-0.15, -0.1) is 10.2 Å². The number of ether oxygens (including phenoxy) is 1. The van der Waals surface area contributed by atoms with E-state index in [1.807, 2.05) is 18.2 Å². The van der Waals surface area contributed by atoms with Gasteiger partial charge in [-0.3, -0.25) is 4.90 Å². The number of nitrogens with zero attached hydrogens (tertiary/aromatic N) is 3. The topological polar surface area (TPSA) is 50.3 Å². The van der Waals surface area contributed by atoms with Crippen molar-refractivity contribution in [3.63, 3.8) is 0 Å². The number of benzene rings is 1. The van der Waals surface area contributed by atoms with E-state index in [2.05, 4.69) is 34.3 Å². The van der Waals surface area contributed by atoms with Crippen LogP contribution in [0.3, 0.4) is 0 Å². The molecule has 1 N–H and O–H groups in total. The summed E-state index contributed by atoms with van der Waals surface area (Å²) in [6, 6.07) is 11.6. The van der Waals surface area contributed by atoms with Crippen molar-refractivity contribution in [3.8, 4) is 11.3 Å². The van der Waals surface area contributed by atoms with E-state index in [-0.39, 0.29) is 11.4 Å². The summed E-state index contributed by atoms with van der Waals surface area (Å²) in [6.45, 7) is 7.74. The highest BCUT2D eigenvalue weighted by Crippen LogP contribution is 2.41. The molecule has 0 radical (unpaired) electrons. The summed E-state index contributed by atoms with van der Waals surface area (Å²) in [5.41, 5.74) is 1.07. The van der Waals surface area contributed by atoms with Crippen molar-refractivity contribution in [2.75, 3.05) is 25.0 Å². The maximum absolute atomic E-state index is 13.9. The molecule has 0 bridgehead atoms. The van der Waals surface area contributed by atoms with Gasteiger partial charge in [-0.2, -0.15) is 0 Å². The minimum atomic E-state index is -0.270. The number of hydrogen-bond donors (Lipinski definition) is 1. The van der Waals surface area contributed by atoms with Crippen molar-refractivity contribution in [2.24, 2.45) is 11.8 Å². The van der Waals surface area contributed by atoms with Crippen molar-refractivity contribution in [2.45, 2.75) is 57.2 Å². The summed E-state index contributed by atoms with van der Waals surface area (Å²) in [5, 5.41) is 12.1. The van der Waals surface area contributed by atoms with Gasteiger partial charge in [0.05, 0.1) is 11.3 Å². The first-order valence-electron chi connectivity index (χ1n) is 11.2. The van der Waals surface area contributed by atoms with E-state index < -0.39 is 0 Å². The largest absolute Gasteiger partial charge is 0.375 e. The molecule has 2 saturated heterocycles. The van der Waals surface area contributed by atoms with Crippen LogP contribution in [0.15, 0.2) is 36.4 Å². The van der Waals surface area contributed by atoms with Crippen molar-refractivity contribution >= 4 is 5.82 Å². The summed E-state index contributed by atoms with van der Waals surface area (Å²) in [6.07, 6.45) is 4.67. The van der Waals surface area contributed by atoms with Crippen LogP contribution >= 0.6 is 0 Å². The van der Waals surface area contributed by atoms with Crippen molar-refractivity contribution in [3.05, 3.63) is 42.2 Å². The van der Waals surface area contributed by atoms with E-state index in [4.69, 9.17) is 4.74 Å². The van der Waals surface area contributed by atoms with Crippen LogP contribution in [0, 0.1) is 17.7 Å². The predicted molar refractivity (Wildman–Crippen MR) is 116 cm³/mol. The van der Waals surface area contributed by atoms with Crippen molar-refractivity contribution in [1.29, 1.82) is 0 Å². The number of likely N-dealkylation sites (tertiary alicyclic amines) is 1. The van der Waals surface area contributed by atoms with E-state index >= 15 is 0 Å². The van der Waals surface area contributed by atoms with Crippen molar-refractivity contribution in [1.82, 2.24) is 15.1 Å². The van der Waals surface area contributed by atoms with E-state index in [1.54, 1.807) is 12.1 Å². The smallest absolute Gasteiger partial charge is 0.148 e. The predicted octanol–water partition coefficient (Wildman–Crippen LogP) is 4.36. The molecule has 3 fully saturated rings. The highest BCUT2D eigenvalue weighted by atomic mass is 19.1. The molecule has 0 amide bonds. The van der Waals surface area contributed by atoms with Gasteiger partial charge < -0.3 is 10.1 Å². The molecular formula is C24H31FN4O. The Kier molecular flexibility index (Phi) is 5.23. The van der Waals surface area contributed by atoms with Gasteiger partial charge >= 0.3 is 0 Å². The molecule has 5 rings (SSSR count). The molecule has 6 heteroatoms. The molecule has 3 heterocycles. The lowest BCUT2D eigenvalue weighted by atomic mass is 9.93. The minimum absolute atomic E-state index is 0.0121. The Hall–Kier alpha value is -2.05. The Morgan fingerprint density at radius 3 is 2.50 bits per heavy atom. The lowest BCUT2D eigenvalue weighted by molar-refractivity contribution is -0.0811. The molecule has 1 aromatic heterocycles. The van der Waals surface area contributed by atoms with E-state index in [0.717, 1.165) is 37.1 Å². The second kappa shape index (κ2) is 7.89. The normalized spacial score (nSPS) is 30.9. The van der Waals surface area contributed by atoms with Crippen LogP contribution < -0.4 is 5.32 Å². The fourth-order valence-corrected chi connectivity index (χ4v) is 5.69. The van der Waals surface area contributed by atoms with Crippen LogP contribution in [0.2, 0.25) is 0 Å². The van der Waals surface area contributed by atoms with Gasteiger partial charge in [0.2, 0.25) is 0 Å². The standard InChI is InChI=1S/C24H31FN4O/c1-24(2)13-19(9-10-30-24)29-14-16-11-18(12-17(16)15-29)26-23-8-7-22(27-28-23)20-5-3-4-6-21(20)25/h3-8,16-19H,9-15H2,1-2H3,(H,26,28)/t16-,17+,18-,19?. The van der Waals surface area contributed by atoms with Crippen LogP contribution in [0.4, 0.5) is 10.2 Å². The van der Waals surface area contributed by atoms with Crippen LogP contribution in [0.25, 0.3) is 11.3 Å². The number of hydrogen-bond acceptors (Lipinski definition) is 5. The average molecular weight is 411 g/mol. The molecule has 30 heavy (non-hydrogen) atoms. The van der Waals surface area contributed by atoms with Crippen LogP contribution in [0.5, 0.6) is 0 Å². The molecule has 5 nitrogen and oxygen atoms in total. The summed E-state index contributed by atoms with van der Waals surface area (Å²) in [4.78, 5) is 2.72. The molecule has 2 aromatic rings. The molecule has 0 spiro atoms. The Labute approximate surface area is 178 Å². The highest BCUT2D eigenvalue weighted by Gasteiger charge is 2.44. The summed E-state index contributed by atoms with van der Waals surface area (Å²) in [5.74, 6) is 2.04. The fourth-order valence-electron chi connectivity index (χ4n) is 5.69. The van der Waals surface area contributed by atoms with Crippen molar-refractivity contribution < 1.29 is 9.13 Å². The molecule has 1 aliphatic carbocycles. The second-order valence-electron chi connectivity index (χ2n) is 9.83. The number of fused-ring (bicyclic) bond motifs is 1. The molecule has 1 aromatic carbocycles. The third kappa shape index (κ3) is 4.08. The van der Waals surface area contributed by atoms with Crippen LogP contribution in [-0.2, 0) is 4.74 Å². The first-order chi connectivity index (χ1) is 14.5. The summed E-state index contributed by atoms with van der Waals surface area (Å²) in [7, 11) is 0. The summed E-state index contributed by atoms with van der Waals surface area (Å²) < 4.78 is 19.9. The highest BCUT2D eigenvalue weighted by molar-refractivity contribution is 5.60. The first-order valence-corrected chi connectivity index (χ1v) is 11.2. The maximum Gasteiger partial charge on any atom is 0.148 e. The number of nitrogens with one attached hydrogen (secondary N) is 1. The third-order valence-corrected chi connectivity index (χ3v) is 7.13. The van der Waals surface area contributed by atoms with E-state index in [0.29, 0.717) is 23.3 Å². The Bertz CT molecular complexity index is 873. The molecule has 3 aliphatic rings. The number of rotatable bonds is 4. The van der Waals surface area contributed by atoms with Crippen LogP contribution in [-0.4, -0.2) is 52.5 Å². The molecule has 1 saturated carbocycles. The molecule has 2 aliphatic heterocycles. The number of halogens is 1. The molecule has 160 valence electrons. The molecule has 4 atom stereocenters. The lowest BCUT2D eigenvalue weighted by Crippen LogP contribution is -2.45. The van der Waals surface area contributed by atoms with Gasteiger partial charge in [0.15, 0.2) is 0 Å². The lowest BCUT2D eigenvalue weighted by Gasteiger charge is -2.40. The van der Waals surface area contributed by atoms with Crippen LogP contribution in [0.1, 0.15) is 39.5 Å². The fraction of sp³-hybridized carbons (Fsp3) is 0.583. The summed E-state index contributed by atoms with van der Waals surface area (Å²) >= 11 is 0. The Morgan fingerprint density at radius 1 is 1.07 bits per heavy atom. The van der Waals surface area contributed by atoms with Gasteiger partial charge in [0.1, 0.15) is 11.6 Å². The zero-order valence-corrected chi connectivity index (χ0v) is 17.9. The second-order valence-corrected chi connectivity index (χ2v) is 9.83. The quantitative estimate of drug-likeness (QED) is 0.812. The van der Waals surface area contributed by atoms with Gasteiger partial charge in [0, 0.05) is 37.3 Å².